The number of anilines is 1. The SMILES string of the molecule is C[C@@H](NCC1CN(c2ccccc2)C(=O)CO1)c1cccc2ccccc12.Cl. The lowest BCUT2D eigenvalue weighted by molar-refractivity contribution is -0.129. The summed E-state index contributed by atoms with van der Waals surface area (Å²) in [5.41, 5.74) is 2.21. The van der Waals surface area contributed by atoms with Gasteiger partial charge >= 0.3 is 0 Å². The molecule has 2 atom stereocenters. The summed E-state index contributed by atoms with van der Waals surface area (Å²) in [6.45, 7) is 3.56. The molecule has 1 saturated heterocycles. The van der Waals surface area contributed by atoms with Gasteiger partial charge in [0, 0.05) is 18.3 Å². The van der Waals surface area contributed by atoms with E-state index in [2.05, 4.69) is 54.7 Å². The van der Waals surface area contributed by atoms with Crippen molar-refractivity contribution in [1.82, 2.24) is 5.32 Å². The van der Waals surface area contributed by atoms with Crippen LogP contribution in [-0.2, 0) is 9.53 Å². The Morgan fingerprint density at radius 3 is 2.57 bits per heavy atom. The summed E-state index contributed by atoms with van der Waals surface area (Å²) in [6.07, 6.45) is -0.0275. The summed E-state index contributed by atoms with van der Waals surface area (Å²) in [4.78, 5) is 14.0. The molecule has 0 radical (unpaired) electrons. The van der Waals surface area contributed by atoms with Crippen LogP contribution in [0, 0.1) is 0 Å². The second kappa shape index (κ2) is 9.20. The number of hydrogen-bond donors (Lipinski definition) is 1. The number of ether oxygens (including phenoxy) is 1. The summed E-state index contributed by atoms with van der Waals surface area (Å²) < 4.78 is 5.76. The maximum atomic E-state index is 12.2. The number of morpholine rings is 1. The minimum atomic E-state index is -0.0275. The van der Waals surface area contributed by atoms with Crippen molar-refractivity contribution in [3.05, 3.63) is 78.4 Å². The number of para-hydroxylation sites is 1. The van der Waals surface area contributed by atoms with Crippen molar-refractivity contribution in [1.29, 1.82) is 0 Å². The lowest BCUT2D eigenvalue weighted by Gasteiger charge is -2.33. The summed E-state index contributed by atoms with van der Waals surface area (Å²) in [6, 6.07) is 24.8. The number of rotatable bonds is 5. The molecule has 1 fully saturated rings. The molecule has 1 unspecified atom stereocenters. The number of carbonyl (C=O) groups excluding carboxylic acids is 1. The molecule has 3 aromatic carbocycles. The van der Waals surface area contributed by atoms with Crippen LogP contribution in [-0.4, -0.2) is 31.7 Å². The zero-order chi connectivity index (χ0) is 18.6. The highest BCUT2D eigenvalue weighted by Gasteiger charge is 2.27. The van der Waals surface area contributed by atoms with E-state index in [1.807, 2.05) is 35.2 Å². The third-order valence-corrected chi connectivity index (χ3v) is 5.14. The van der Waals surface area contributed by atoms with Crippen LogP contribution >= 0.6 is 12.4 Å². The minimum absolute atomic E-state index is 0. The van der Waals surface area contributed by atoms with Gasteiger partial charge in [0.05, 0.1) is 12.6 Å². The highest BCUT2D eigenvalue weighted by Crippen LogP contribution is 2.24. The molecular weight excluding hydrogens is 372 g/mol. The third kappa shape index (κ3) is 4.36. The Kier molecular flexibility index (Phi) is 6.68. The van der Waals surface area contributed by atoms with E-state index in [9.17, 15) is 4.79 Å². The fourth-order valence-electron chi connectivity index (χ4n) is 3.65. The molecule has 1 amide bonds. The van der Waals surface area contributed by atoms with Gasteiger partial charge in [0.15, 0.2) is 0 Å². The smallest absolute Gasteiger partial charge is 0.253 e. The van der Waals surface area contributed by atoms with E-state index in [-0.39, 0.29) is 37.1 Å². The Morgan fingerprint density at radius 2 is 1.75 bits per heavy atom. The van der Waals surface area contributed by atoms with Crippen LogP contribution in [0.15, 0.2) is 72.8 Å². The molecule has 1 heterocycles. The fourth-order valence-corrected chi connectivity index (χ4v) is 3.65. The Labute approximate surface area is 171 Å². The van der Waals surface area contributed by atoms with Gasteiger partial charge in [-0.3, -0.25) is 4.79 Å². The zero-order valence-corrected chi connectivity index (χ0v) is 16.7. The van der Waals surface area contributed by atoms with Gasteiger partial charge in [-0.15, -0.1) is 12.4 Å². The molecule has 5 heteroatoms. The van der Waals surface area contributed by atoms with Crippen LogP contribution in [0.4, 0.5) is 5.69 Å². The van der Waals surface area contributed by atoms with Gasteiger partial charge in [-0.1, -0.05) is 60.7 Å². The van der Waals surface area contributed by atoms with Gasteiger partial charge in [-0.2, -0.15) is 0 Å². The topological polar surface area (TPSA) is 41.6 Å². The molecule has 1 aliphatic heterocycles. The highest BCUT2D eigenvalue weighted by molar-refractivity contribution is 5.95. The first-order valence-corrected chi connectivity index (χ1v) is 9.40. The van der Waals surface area contributed by atoms with Crippen molar-refractivity contribution < 1.29 is 9.53 Å². The molecule has 0 saturated carbocycles. The molecule has 146 valence electrons. The van der Waals surface area contributed by atoms with Crippen molar-refractivity contribution in [2.24, 2.45) is 0 Å². The lowest BCUT2D eigenvalue weighted by Crippen LogP contribution is -2.50. The number of nitrogens with one attached hydrogen (secondary N) is 1. The number of halogens is 1. The average molecular weight is 397 g/mol. The van der Waals surface area contributed by atoms with Crippen LogP contribution in [0.25, 0.3) is 10.8 Å². The maximum absolute atomic E-state index is 12.2. The van der Waals surface area contributed by atoms with Crippen LogP contribution in [0.1, 0.15) is 18.5 Å². The van der Waals surface area contributed by atoms with E-state index in [0.717, 1.165) is 5.69 Å². The van der Waals surface area contributed by atoms with Crippen LogP contribution in [0.2, 0.25) is 0 Å². The van der Waals surface area contributed by atoms with Crippen LogP contribution < -0.4 is 10.2 Å². The van der Waals surface area contributed by atoms with E-state index in [0.29, 0.717) is 13.1 Å². The van der Waals surface area contributed by atoms with Crippen molar-refractivity contribution in [3.8, 4) is 0 Å². The predicted molar refractivity (Wildman–Crippen MR) is 116 cm³/mol. The first kappa shape index (κ1) is 20.3. The summed E-state index contributed by atoms with van der Waals surface area (Å²) in [7, 11) is 0. The average Bonchev–Trinajstić information content (AvgIpc) is 2.73. The van der Waals surface area contributed by atoms with E-state index in [1.165, 1.54) is 16.3 Å². The molecule has 0 aromatic heterocycles. The predicted octanol–water partition coefficient (Wildman–Crippen LogP) is 4.34. The normalized spacial score (nSPS) is 18.0. The number of fused-ring (bicyclic) bond motifs is 1. The van der Waals surface area contributed by atoms with E-state index < -0.39 is 0 Å². The Hall–Kier alpha value is -2.40. The Balaban J connectivity index is 0.00000225. The van der Waals surface area contributed by atoms with Gasteiger partial charge < -0.3 is 15.0 Å². The second-order valence-corrected chi connectivity index (χ2v) is 6.97. The number of hydrogen-bond acceptors (Lipinski definition) is 3. The first-order valence-electron chi connectivity index (χ1n) is 9.40. The highest BCUT2D eigenvalue weighted by atomic mass is 35.5. The number of benzene rings is 3. The number of nitrogens with zero attached hydrogens (tertiary/aromatic N) is 1. The Morgan fingerprint density at radius 1 is 1.04 bits per heavy atom. The molecule has 3 aromatic rings. The summed E-state index contributed by atoms with van der Waals surface area (Å²) >= 11 is 0. The molecule has 1 aliphatic rings. The monoisotopic (exact) mass is 396 g/mol. The van der Waals surface area contributed by atoms with Gasteiger partial charge in [0.25, 0.3) is 5.91 Å². The van der Waals surface area contributed by atoms with Gasteiger partial charge in [0.2, 0.25) is 0 Å². The third-order valence-electron chi connectivity index (χ3n) is 5.14. The first-order chi connectivity index (χ1) is 13.2. The zero-order valence-electron chi connectivity index (χ0n) is 15.9. The van der Waals surface area contributed by atoms with E-state index >= 15 is 0 Å². The van der Waals surface area contributed by atoms with Crippen LogP contribution in [0.5, 0.6) is 0 Å². The maximum Gasteiger partial charge on any atom is 0.253 e. The number of amides is 1. The molecule has 0 aliphatic carbocycles. The second-order valence-electron chi connectivity index (χ2n) is 6.97. The standard InChI is InChI=1S/C23H24N2O2.ClH/c1-17(21-13-7-9-18-8-5-6-12-22(18)21)24-14-20-15-25(23(26)16-27-20)19-10-3-2-4-11-19;/h2-13,17,20,24H,14-16H2,1H3;1H/t17-,20?;/m1./s1. The van der Waals surface area contributed by atoms with Gasteiger partial charge in [0.1, 0.15) is 6.61 Å². The van der Waals surface area contributed by atoms with Crippen molar-refractivity contribution in [2.45, 2.75) is 19.1 Å². The van der Waals surface area contributed by atoms with Gasteiger partial charge in [-0.25, -0.2) is 0 Å². The molecule has 0 spiro atoms. The van der Waals surface area contributed by atoms with Crippen molar-refractivity contribution >= 4 is 34.8 Å². The van der Waals surface area contributed by atoms with Crippen molar-refractivity contribution in [2.75, 3.05) is 24.6 Å². The summed E-state index contributed by atoms with van der Waals surface area (Å²) in [5, 5.41) is 6.10. The molecule has 4 rings (SSSR count). The fraction of sp³-hybridized carbons (Fsp3) is 0.261. The molecule has 0 bridgehead atoms. The molecule has 4 nitrogen and oxygen atoms in total. The van der Waals surface area contributed by atoms with E-state index in [4.69, 9.17) is 4.74 Å². The quantitative estimate of drug-likeness (QED) is 0.697. The van der Waals surface area contributed by atoms with Crippen LogP contribution in [0.3, 0.4) is 0 Å². The van der Waals surface area contributed by atoms with Crippen molar-refractivity contribution in [3.63, 3.8) is 0 Å². The van der Waals surface area contributed by atoms with Gasteiger partial charge in [-0.05, 0) is 35.4 Å². The minimum Gasteiger partial charge on any atom is -0.365 e. The molecular formula is C23H25ClN2O2. The number of carbonyl (C=O) groups is 1. The Bertz CT molecular complexity index is 927. The summed E-state index contributed by atoms with van der Waals surface area (Å²) in [5.74, 6) is 0.0135. The largest absolute Gasteiger partial charge is 0.365 e. The molecule has 28 heavy (non-hydrogen) atoms. The lowest BCUT2D eigenvalue weighted by atomic mass is 9.99. The van der Waals surface area contributed by atoms with E-state index in [1.54, 1.807) is 0 Å². The molecule has 1 N–H and O–H groups in total.